The fraction of sp³-hybridized carbons (Fsp3) is 0.217. The zero-order valence-corrected chi connectivity index (χ0v) is 18.7. The van der Waals surface area contributed by atoms with E-state index in [9.17, 15) is 9.59 Å². The van der Waals surface area contributed by atoms with Gasteiger partial charge in [0.15, 0.2) is 5.76 Å². The van der Waals surface area contributed by atoms with Crippen molar-refractivity contribution in [2.24, 2.45) is 0 Å². The molecule has 0 unspecified atom stereocenters. The first-order chi connectivity index (χ1) is 15.5. The smallest absolute Gasteiger partial charge is 0.340 e. The molecule has 7 nitrogen and oxygen atoms in total. The minimum atomic E-state index is -0.484. The van der Waals surface area contributed by atoms with Gasteiger partial charge in [0, 0.05) is 24.3 Å². The summed E-state index contributed by atoms with van der Waals surface area (Å²) in [6.07, 6.45) is 0. The van der Waals surface area contributed by atoms with E-state index >= 15 is 0 Å². The monoisotopic (exact) mass is 474 g/mol. The number of halogens is 2. The summed E-state index contributed by atoms with van der Waals surface area (Å²) in [6.45, 7) is 2.50. The molecule has 0 radical (unpaired) electrons. The van der Waals surface area contributed by atoms with Crippen molar-refractivity contribution in [1.82, 2.24) is 0 Å². The van der Waals surface area contributed by atoms with E-state index in [1.807, 2.05) is 0 Å². The minimum Gasteiger partial charge on any atom is -0.465 e. The number of anilines is 2. The van der Waals surface area contributed by atoms with Crippen molar-refractivity contribution >= 4 is 46.5 Å². The molecule has 0 spiro atoms. The Morgan fingerprint density at radius 1 is 1.00 bits per heavy atom. The first-order valence-corrected chi connectivity index (χ1v) is 10.6. The summed E-state index contributed by atoms with van der Waals surface area (Å²) in [7, 11) is 1.32. The second kappa shape index (κ2) is 9.65. The van der Waals surface area contributed by atoms with Crippen LogP contribution >= 0.6 is 23.2 Å². The highest BCUT2D eigenvalue weighted by molar-refractivity contribution is 6.42. The molecule has 1 fully saturated rings. The zero-order valence-electron chi connectivity index (χ0n) is 17.2. The standard InChI is InChI=1S/C23H20Cl2N2O5/c1-30-23(29)16-13-15(3-5-19(16)27-8-10-31-11-9-27)26-22(28)21-7-6-20(32-21)14-2-4-17(24)18(25)12-14/h2-7,12-13H,8-11H2,1H3,(H,26,28). The first kappa shape index (κ1) is 22.2. The molecule has 0 saturated carbocycles. The Hall–Kier alpha value is -3.00. The van der Waals surface area contributed by atoms with E-state index in [0.29, 0.717) is 58.9 Å². The predicted molar refractivity (Wildman–Crippen MR) is 123 cm³/mol. The molecule has 9 heteroatoms. The Morgan fingerprint density at radius 3 is 2.50 bits per heavy atom. The van der Waals surface area contributed by atoms with Crippen molar-refractivity contribution in [2.45, 2.75) is 0 Å². The number of carbonyl (C=O) groups excluding carboxylic acids is 2. The Bertz CT molecular complexity index is 1160. The topological polar surface area (TPSA) is 81.0 Å². The van der Waals surface area contributed by atoms with Crippen LogP contribution in [0.25, 0.3) is 11.3 Å². The third kappa shape index (κ3) is 4.75. The summed E-state index contributed by atoms with van der Waals surface area (Å²) in [6, 6.07) is 13.4. The van der Waals surface area contributed by atoms with E-state index in [4.69, 9.17) is 37.1 Å². The lowest BCUT2D eigenvalue weighted by Crippen LogP contribution is -2.37. The maximum Gasteiger partial charge on any atom is 0.340 e. The fourth-order valence-corrected chi connectivity index (χ4v) is 3.72. The average Bonchev–Trinajstić information content (AvgIpc) is 3.31. The number of ether oxygens (including phenoxy) is 2. The van der Waals surface area contributed by atoms with E-state index < -0.39 is 11.9 Å². The lowest BCUT2D eigenvalue weighted by atomic mass is 10.1. The van der Waals surface area contributed by atoms with Crippen LogP contribution in [-0.4, -0.2) is 45.3 Å². The Balaban J connectivity index is 1.54. The third-order valence-electron chi connectivity index (χ3n) is 5.05. The molecule has 4 rings (SSSR count). The Labute approximate surface area is 194 Å². The molecule has 32 heavy (non-hydrogen) atoms. The highest BCUT2D eigenvalue weighted by atomic mass is 35.5. The number of benzene rings is 2. The normalized spacial score (nSPS) is 13.7. The summed E-state index contributed by atoms with van der Waals surface area (Å²) < 4.78 is 16.0. The molecule has 1 aliphatic rings. The van der Waals surface area contributed by atoms with E-state index in [2.05, 4.69) is 10.2 Å². The maximum atomic E-state index is 12.7. The number of morpholine rings is 1. The quantitative estimate of drug-likeness (QED) is 0.516. The summed E-state index contributed by atoms with van der Waals surface area (Å²) in [5.74, 6) is -0.344. The van der Waals surface area contributed by atoms with E-state index in [0.717, 1.165) is 5.69 Å². The maximum absolute atomic E-state index is 12.7. The van der Waals surface area contributed by atoms with Gasteiger partial charge in [0.1, 0.15) is 5.76 Å². The molecule has 2 aromatic carbocycles. The molecular formula is C23H20Cl2N2O5. The Morgan fingerprint density at radius 2 is 1.78 bits per heavy atom. The molecule has 1 N–H and O–H groups in total. The number of furan rings is 1. The van der Waals surface area contributed by atoms with E-state index in [1.54, 1.807) is 48.5 Å². The third-order valence-corrected chi connectivity index (χ3v) is 5.78. The van der Waals surface area contributed by atoms with E-state index in [-0.39, 0.29) is 5.76 Å². The van der Waals surface area contributed by atoms with Gasteiger partial charge in [-0.05, 0) is 48.5 Å². The van der Waals surface area contributed by atoms with Crippen molar-refractivity contribution in [3.05, 3.63) is 69.9 Å². The van der Waals surface area contributed by atoms with Crippen LogP contribution in [0.15, 0.2) is 52.9 Å². The van der Waals surface area contributed by atoms with Gasteiger partial charge in [-0.15, -0.1) is 0 Å². The lowest BCUT2D eigenvalue weighted by molar-refractivity contribution is 0.0600. The molecule has 2 heterocycles. The number of methoxy groups -OCH3 is 1. The van der Waals surface area contributed by atoms with Gasteiger partial charge in [0.05, 0.1) is 41.6 Å². The van der Waals surface area contributed by atoms with Gasteiger partial charge in [0.25, 0.3) is 5.91 Å². The number of nitrogens with zero attached hydrogens (tertiary/aromatic N) is 1. The van der Waals surface area contributed by atoms with Crippen LogP contribution in [0.2, 0.25) is 10.0 Å². The lowest BCUT2D eigenvalue weighted by Gasteiger charge is -2.30. The molecule has 166 valence electrons. The van der Waals surface area contributed by atoms with E-state index in [1.165, 1.54) is 7.11 Å². The number of esters is 1. The van der Waals surface area contributed by atoms with Crippen molar-refractivity contribution in [3.8, 4) is 11.3 Å². The number of rotatable bonds is 5. The minimum absolute atomic E-state index is 0.114. The van der Waals surface area contributed by atoms with Crippen molar-refractivity contribution in [3.63, 3.8) is 0 Å². The number of amides is 1. The van der Waals surface area contributed by atoms with Gasteiger partial charge >= 0.3 is 5.97 Å². The van der Waals surface area contributed by atoms with Gasteiger partial charge < -0.3 is 24.1 Å². The number of carbonyl (C=O) groups is 2. The molecule has 1 saturated heterocycles. The molecular weight excluding hydrogens is 455 g/mol. The highest BCUT2D eigenvalue weighted by Crippen LogP contribution is 2.30. The summed E-state index contributed by atoms with van der Waals surface area (Å²) >= 11 is 12.0. The molecule has 1 aromatic heterocycles. The number of hydrogen-bond donors (Lipinski definition) is 1. The SMILES string of the molecule is COC(=O)c1cc(NC(=O)c2ccc(-c3ccc(Cl)c(Cl)c3)o2)ccc1N1CCOCC1. The first-order valence-electron chi connectivity index (χ1n) is 9.88. The molecule has 0 bridgehead atoms. The van der Waals surface area contributed by atoms with Gasteiger partial charge in [-0.1, -0.05) is 23.2 Å². The van der Waals surface area contributed by atoms with Crippen LogP contribution in [0.3, 0.4) is 0 Å². The highest BCUT2D eigenvalue weighted by Gasteiger charge is 2.21. The fourth-order valence-electron chi connectivity index (χ4n) is 3.42. The molecule has 0 aliphatic carbocycles. The molecule has 1 aliphatic heterocycles. The van der Waals surface area contributed by atoms with Gasteiger partial charge in [-0.2, -0.15) is 0 Å². The van der Waals surface area contributed by atoms with Gasteiger partial charge in [-0.3, -0.25) is 4.79 Å². The summed E-state index contributed by atoms with van der Waals surface area (Å²) in [5.41, 5.74) is 2.24. The van der Waals surface area contributed by atoms with Crippen molar-refractivity contribution < 1.29 is 23.5 Å². The average molecular weight is 475 g/mol. The largest absolute Gasteiger partial charge is 0.465 e. The van der Waals surface area contributed by atoms with Gasteiger partial charge in [-0.25, -0.2) is 4.79 Å². The second-order valence-electron chi connectivity index (χ2n) is 7.07. The van der Waals surface area contributed by atoms with Crippen molar-refractivity contribution in [1.29, 1.82) is 0 Å². The van der Waals surface area contributed by atoms with Gasteiger partial charge in [0.2, 0.25) is 0 Å². The summed E-state index contributed by atoms with van der Waals surface area (Å²) in [5, 5.41) is 3.59. The zero-order chi connectivity index (χ0) is 22.7. The van der Waals surface area contributed by atoms with Crippen LogP contribution in [-0.2, 0) is 9.47 Å². The van der Waals surface area contributed by atoms with Crippen LogP contribution in [0.1, 0.15) is 20.9 Å². The van der Waals surface area contributed by atoms with Crippen LogP contribution in [0.5, 0.6) is 0 Å². The molecule has 3 aromatic rings. The molecule has 1 amide bonds. The van der Waals surface area contributed by atoms with Crippen LogP contribution < -0.4 is 10.2 Å². The van der Waals surface area contributed by atoms with Crippen LogP contribution in [0.4, 0.5) is 11.4 Å². The molecule has 0 atom stereocenters. The van der Waals surface area contributed by atoms with Crippen molar-refractivity contribution in [2.75, 3.05) is 43.6 Å². The number of hydrogen-bond acceptors (Lipinski definition) is 6. The summed E-state index contributed by atoms with van der Waals surface area (Å²) in [4.78, 5) is 27.1. The predicted octanol–water partition coefficient (Wildman–Crippen LogP) is 5.13. The van der Waals surface area contributed by atoms with Crippen LogP contribution in [0, 0.1) is 0 Å². The number of nitrogens with one attached hydrogen (secondary N) is 1. The second-order valence-corrected chi connectivity index (χ2v) is 7.88. The Kier molecular flexibility index (Phi) is 6.69.